The van der Waals surface area contributed by atoms with Gasteiger partial charge in [-0.25, -0.2) is 0 Å². The first kappa shape index (κ1) is 14.5. The van der Waals surface area contributed by atoms with E-state index in [4.69, 9.17) is 4.43 Å². The monoisotopic (exact) mass is 271 g/mol. The van der Waals surface area contributed by atoms with Crippen LogP contribution in [0, 0.1) is 0 Å². The lowest BCUT2D eigenvalue weighted by Gasteiger charge is -2.42. The Morgan fingerprint density at radius 2 is 1.78 bits per heavy atom. The molecule has 2 aliphatic heterocycles. The third kappa shape index (κ3) is 2.82. The van der Waals surface area contributed by atoms with Gasteiger partial charge in [-0.3, -0.25) is 4.90 Å². The summed E-state index contributed by atoms with van der Waals surface area (Å²) in [6, 6.07) is 0.461. The van der Waals surface area contributed by atoms with E-state index in [9.17, 15) is 5.11 Å². The molecule has 4 heteroatoms. The molecule has 106 valence electrons. The molecule has 0 amide bonds. The van der Waals surface area contributed by atoms with Gasteiger partial charge in [0.15, 0.2) is 8.32 Å². The van der Waals surface area contributed by atoms with E-state index in [0.717, 1.165) is 32.4 Å². The van der Waals surface area contributed by atoms with Gasteiger partial charge in [0.1, 0.15) is 0 Å². The fourth-order valence-corrected chi connectivity index (χ4v) is 4.25. The fraction of sp³-hybridized carbons (Fsp3) is 1.00. The Bertz CT molecular complexity index is 301. The molecule has 0 radical (unpaired) electrons. The summed E-state index contributed by atoms with van der Waals surface area (Å²) in [6.07, 6.45) is 3.21. The third-order valence-corrected chi connectivity index (χ3v) is 9.62. The molecule has 18 heavy (non-hydrogen) atoms. The first-order valence-electron chi connectivity index (χ1n) is 7.31. The van der Waals surface area contributed by atoms with Crippen LogP contribution in [0.25, 0.3) is 0 Å². The van der Waals surface area contributed by atoms with Crippen LogP contribution in [-0.2, 0) is 4.43 Å². The van der Waals surface area contributed by atoms with Crippen LogP contribution in [-0.4, -0.2) is 49.7 Å². The molecule has 0 spiro atoms. The van der Waals surface area contributed by atoms with Gasteiger partial charge < -0.3 is 9.53 Å². The maximum atomic E-state index is 9.86. The van der Waals surface area contributed by atoms with Gasteiger partial charge in [-0.05, 0) is 37.4 Å². The molecule has 0 unspecified atom stereocenters. The van der Waals surface area contributed by atoms with Crippen molar-refractivity contribution in [2.24, 2.45) is 0 Å². The van der Waals surface area contributed by atoms with E-state index in [-0.39, 0.29) is 11.1 Å². The zero-order valence-corrected chi connectivity index (χ0v) is 13.6. The summed E-state index contributed by atoms with van der Waals surface area (Å²) in [5, 5.41) is 10.1. The highest BCUT2D eigenvalue weighted by Gasteiger charge is 2.45. The highest BCUT2D eigenvalue weighted by molar-refractivity contribution is 6.74. The van der Waals surface area contributed by atoms with E-state index in [1.807, 2.05) is 0 Å². The first-order chi connectivity index (χ1) is 8.21. The molecular weight excluding hydrogens is 242 g/mol. The normalized spacial score (nSPS) is 34.7. The number of aliphatic hydroxyl groups excluding tert-OH is 1. The summed E-state index contributed by atoms with van der Waals surface area (Å²) in [6.45, 7) is 13.7. The Balaban J connectivity index is 2.02. The summed E-state index contributed by atoms with van der Waals surface area (Å²) in [4.78, 5) is 2.52. The first-order valence-corrected chi connectivity index (χ1v) is 10.2. The van der Waals surface area contributed by atoms with E-state index in [1.54, 1.807) is 0 Å². The van der Waals surface area contributed by atoms with Gasteiger partial charge in [0, 0.05) is 19.1 Å². The quantitative estimate of drug-likeness (QED) is 0.784. The Labute approximate surface area is 113 Å². The van der Waals surface area contributed by atoms with E-state index < -0.39 is 8.32 Å². The standard InChI is InChI=1S/C14H29NO2Si/c1-14(2,3)18(4,5)17-13-7-9-15-8-6-11(16)10-12(13)15/h11-13,16H,6-10H2,1-5H3/t11-,12+,13+/m0/s1. The minimum absolute atomic E-state index is 0.116. The van der Waals surface area contributed by atoms with Crippen molar-refractivity contribution in [2.45, 2.75) is 76.4 Å². The predicted octanol–water partition coefficient (Wildman–Crippen LogP) is 2.61. The second-order valence-electron chi connectivity index (χ2n) is 7.49. The lowest BCUT2D eigenvalue weighted by molar-refractivity contribution is 0.0265. The lowest BCUT2D eigenvalue weighted by Crippen LogP contribution is -2.50. The number of fused-ring (bicyclic) bond motifs is 1. The second kappa shape index (κ2) is 4.89. The number of nitrogens with zero attached hydrogens (tertiary/aromatic N) is 1. The van der Waals surface area contributed by atoms with Crippen molar-refractivity contribution in [1.29, 1.82) is 0 Å². The largest absolute Gasteiger partial charge is 0.412 e. The molecule has 0 aliphatic carbocycles. The van der Waals surface area contributed by atoms with E-state index in [1.165, 1.54) is 0 Å². The van der Waals surface area contributed by atoms with Crippen molar-refractivity contribution in [1.82, 2.24) is 4.90 Å². The maximum Gasteiger partial charge on any atom is 0.192 e. The zero-order valence-electron chi connectivity index (χ0n) is 12.6. The molecule has 2 rings (SSSR count). The average molecular weight is 271 g/mol. The summed E-state index contributed by atoms with van der Waals surface area (Å²) in [5.74, 6) is 0. The molecular formula is C14H29NO2Si. The Morgan fingerprint density at radius 1 is 1.17 bits per heavy atom. The SMILES string of the molecule is CC(C)(C)[Si](C)(C)O[C@@H]1CCN2CC[C@H](O)C[C@H]12. The van der Waals surface area contributed by atoms with Crippen molar-refractivity contribution < 1.29 is 9.53 Å². The molecule has 2 saturated heterocycles. The van der Waals surface area contributed by atoms with Crippen LogP contribution in [0.3, 0.4) is 0 Å². The van der Waals surface area contributed by atoms with Crippen molar-refractivity contribution in [3.8, 4) is 0 Å². The smallest absolute Gasteiger partial charge is 0.192 e. The van der Waals surface area contributed by atoms with Gasteiger partial charge in [0.2, 0.25) is 0 Å². The number of hydrogen-bond acceptors (Lipinski definition) is 3. The summed E-state index contributed by atoms with van der Waals surface area (Å²) in [5.41, 5.74) is 0. The minimum Gasteiger partial charge on any atom is -0.412 e. The summed E-state index contributed by atoms with van der Waals surface area (Å²) >= 11 is 0. The maximum absolute atomic E-state index is 9.86. The highest BCUT2D eigenvalue weighted by atomic mass is 28.4. The molecule has 2 heterocycles. The van der Waals surface area contributed by atoms with Crippen LogP contribution in [0.1, 0.15) is 40.0 Å². The summed E-state index contributed by atoms with van der Waals surface area (Å²) in [7, 11) is -1.68. The van der Waals surface area contributed by atoms with Crippen molar-refractivity contribution in [2.75, 3.05) is 13.1 Å². The van der Waals surface area contributed by atoms with Gasteiger partial charge in [-0.1, -0.05) is 20.8 Å². The van der Waals surface area contributed by atoms with Crippen molar-refractivity contribution in [3.63, 3.8) is 0 Å². The molecule has 3 nitrogen and oxygen atoms in total. The molecule has 0 aromatic carbocycles. The number of piperidine rings is 1. The third-order valence-electron chi connectivity index (χ3n) is 5.11. The number of rotatable bonds is 2. The highest BCUT2D eigenvalue weighted by Crippen LogP contribution is 2.40. The van der Waals surface area contributed by atoms with E-state index in [0.29, 0.717) is 12.1 Å². The number of hydrogen-bond donors (Lipinski definition) is 1. The topological polar surface area (TPSA) is 32.7 Å². The van der Waals surface area contributed by atoms with Crippen LogP contribution >= 0.6 is 0 Å². The molecule has 0 saturated carbocycles. The predicted molar refractivity (Wildman–Crippen MR) is 77.3 cm³/mol. The van der Waals surface area contributed by atoms with Crippen LogP contribution in [0.15, 0.2) is 0 Å². The molecule has 0 bridgehead atoms. The average Bonchev–Trinajstić information content (AvgIpc) is 2.59. The van der Waals surface area contributed by atoms with Gasteiger partial charge in [0.05, 0.1) is 12.2 Å². The molecule has 2 fully saturated rings. The van der Waals surface area contributed by atoms with Crippen LogP contribution in [0.2, 0.25) is 18.1 Å². The van der Waals surface area contributed by atoms with Crippen molar-refractivity contribution >= 4 is 8.32 Å². The minimum atomic E-state index is -1.68. The van der Waals surface area contributed by atoms with Gasteiger partial charge in [0.25, 0.3) is 0 Å². The van der Waals surface area contributed by atoms with E-state index >= 15 is 0 Å². The molecule has 0 aromatic heterocycles. The Hall–Kier alpha value is 0.0969. The van der Waals surface area contributed by atoms with Crippen LogP contribution < -0.4 is 0 Å². The van der Waals surface area contributed by atoms with Gasteiger partial charge >= 0.3 is 0 Å². The number of aliphatic hydroxyl groups is 1. The molecule has 0 aromatic rings. The summed E-state index contributed by atoms with van der Waals surface area (Å²) < 4.78 is 6.57. The molecule has 2 aliphatic rings. The lowest BCUT2D eigenvalue weighted by atomic mass is 9.98. The molecule has 3 atom stereocenters. The fourth-order valence-electron chi connectivity index (χ4n) is 2.87. The van der Waals surface area contributed by atoms with Crippen LogP contribution in [0.4, 0.5) is 0 Å². The van der Waals surface area contributed by atoms with Crippen LogP contribution in [0.5, 0.6) is 0 Å². The van der Waals surface area contributed by atoms with Gasteiger partial charge in [-0.15, -0.1) is 0 Å². The zero-order chi connectivity index (χ0) is 13.6. The van der Waals surface area contributed by atoms with Crippen molar-refractivity contribution in [3.05, 3.63) is 0 Å². The van der Waals surface area contributed by atoms with E-state index in [2.05, 4.69) is 38.8 Å². The Morgan fingerprint density at radius 3 is 2.39 bits per heavy atom. The van der Waals surface area contributed by atoms with Gasteiger partial charge in [-0.2, -0.15) is 0 Å². The second-order valence-corrected chi connectivity index (χ2v) is 12.2. The Kier molecular flexibility index (Phi) is 3.94. The molecule has 1 N–H and O–H groups in total.